The van der Waals surface area contributed by atoms with Gasteiger partial charge in [0, 0.05) is 22.6 Å². The minimum absolute atomic E-state index is 0.237. The number of pyridine rings is 1. The van der Waals surface area contributed by atoms with Crippen LogP contribution in [-0.4, -0.2) is 45.9 Å². The van der Waals surface area contributed by atoms with Crippen LogP contribution in [0.3, 0.4) is 0 Å². The number of hydrogen-bond acceptors (Lipinski definition) is 9. The van der Waals surface area contributed by atoms with E-state index in [1.165, 1.54) is 12.8 Å². The van der Waals surface area contributed by atoms with Gasteiger partial charge in [-0.25, -0.2) is 0 Å². The number of esters is 2. The molecule has 0 aliphatic heterocycles. The van der Waals surface area contributed by atoms with E-state index in [2.05, 4.69) is 0 Å². The van der Waals surface area contributed by atoms with Crippen molar-refractivity contribution in [3.05, 3.63) is 52.3 Å². The van der Waals surface area contributed by atoms with Gasteiger partial charge in [-0.05, 0) is 109 Å². The molecule has 3 rings (SSSR count). The molecular formula is C34H49NO9P+. The Bertz CT molecular complexity index is 1320. The van der Waals surface area contributed by atoms with E-state index in [4.69, 9.17) is 23.7 Å². The Morgan fingerprint density at radius 1 is 0.889 bits per heavy atom. The Morgan fingerprint density at radius 2 is 1.40 bits per heavy atom. The van der Waals surface area contributed by atoms with Crippen LogP contribution in [0.1, 0.15) is 114 Å². The van der Waals surface area contributed by atoms with Crippen LogP contribution in [0.25, 0.3) is 0 Å². The molecule has 0 amide bonds. The van der Waals surface area contributed by atoms with E-state index in [1.807, 2.05) is 19.9 Å². The van der Waals surface area contributed by atoms with Crippen LogP contribution in [0, 0.1) is 24.7 Å². The molecule has 1 saturated carbocycles. The summed E-state index contributed by atoms with van der Waals surface area (Å²) in [5, 5.41) is 10.6. The number of rotatable bonds is 11. The molecule has 1 unspecified atom stereocenters. The molecule has 1 atom stereocenters. The van der Waals surface area contributed by atoms with Crippen LogP contribution in [0.2, 0.25) is 0 Å². The van der Waals surface area contributed by atoms with Crippen molar-refractivity contribution in [3.8, 4) is 11.5 Å². The van der Waals surface area contributed by atoms with Gasteiger partial charge in [-0.3, -0.25) is 14.6 Å². The standard InChI is InChI=1S/C34H48NO9P/c1-22-17-26(18-23(2)27(22)19-25-15-16-28(36)29(35-25)24-13-11-9-10-12-14-24)43-34(44-45(39)40,20-41-30(37)32(3,4)5)21-42-31(38)33(6,7)8/h15-18,24H,9-14,19-21H2,1-8H3,(H-,36,39,40)/p+1. The zero-order chi connectivity index (χ0) is 33.6. The maximum absolute atomic E-state index is 12.6. The van der Waals surface area contributed by atoms with Crippen molar-refractivity contribution in [1.82, 2.24) is 4.98 Å². The number of carbonyl (C=O) groups excluding carboxylic acids is 2. The fourth-order valence-corrected chi connectivity index (χ4v) is 5.67. The molecule has 2 N–H and O–H groups in total. The average Bonchev–Trinajstić information content (AvgIpc) is 3.21. The second-order valence-corrected chi connectivity index (χ2v) is 14.8. The van der Waals surface area contributed by atoms with Crippen molar-refractivity contribution in [3.63, 3.8) is 0 Å². The summed E-state index contributed by atoms with van der Waals surface area (Å²) in [4.78, 5) is 40.0. The van der Waals surface area contributed by atoms with Gasteiger partial charge in [0.1, 0.15) is 11.5 Å². The van der Waals surface area contributed by atoms with E-state index in [0.717, 1.165) is 53.8 Å². The van der Waals surface area contributed by atoms with E-state index in [9.17, 15) is 24.2 Å². The SMILES string of the molecule is Cc1cc(OC(COC(=O)C(C)(C)C)(COC(=O)C(C)(C)C)O[P+](=O)O)cc(C)c1Cc1ccc(O)c(C2CCCCCC2)n1. The van der Waals surface area contributed by atoms with Gasteiger partial charge in [-0.2, -0.15) is 0 Å². The highest BCUT2D eigenvalue weighted by Crippen LogP contribution is 2.37. The number of aryl methyl sites for hydroxylation is 2. The van der Waals surface area contributed by atoms with Crippen molar-refractivity contribution in [2.45, 2.75) is 112 Å². The van der Waals surface area contributed by atoms with E-state index in [0.29, 0.717) is 6.42 Å². The molecule has 0 spiro atoms. The lowest BCUT2D eigenvalue weighted by molar-refractivity contribution is -0.206. The molecule has 248 valence electrons. The number of ether oxygens (including phenoxy) is 3. The zero-order valence-electron chi connectivity index (χ0n) is 27.9. The molecule has 45 heavy (non-hydrogen) atoms. The Labute approximate surface area is 267 Å². The Morgan fingerprint density at radius 3 is 1.87 bits per heavy atom. The monoisotopic (exact) mass is 646 g/mol. The molecular weight excluding hydrogens is 597 g/mol. The summed E-state index contributed by atoms with van der Waals surface area (Å²) in [6, 6.07) is 7.05. The smallest absolute Gasteiger partial charge is 0.506 e. The lowest BCUT2D eigenvalue weighted by Gasteiger charge is -2.30. The summed E-state index contributed by atoms with van der Waals surface area (Å²) in [6.45, 7) is 12.6. The molecule has 11 heteroatoms. The van der Waals surface area contributed by atoms with Gasteiger partial charge in [-0.1, -0.05) is 30.2 Å². The Balaban J connectivity index is 1.92. The van der Waals surface area contributed by atoms with Crippen LogP contribution < -0.4 is 4.74 Å². The number of aromatic hydroxyl groups is 1. The fraction of sp³-hybridized carbons (Fsp3) is 0.618. The van der Waals surface area contributed by atoms with Gasteiger partial charge < -0.3 is 19.3 Å². The van der Waals surface area contributed by atoms with Crippen molar-refractivity contribution < 1.29 is 42.9 Å². The average molecular weight is 647 g/mol. The van der Waals surface area contributed by atoms with Crippen molar-refractivity contribution in [2.75, 3.05) is 13.2 Å². The zero-order valence-corrected chi connectivity index (χ0v) is 28.8. The number of aromatic nitrogens is 1. The summed E-state index contributed by atoms with van der Waals surface area (Å²) >= 11 is 0. The predicted octanol–water partition coefficient (Wildman–Crippen LogP) is 7.35. The van der Waals surface area contributed by atoms with Gasteiger partial charge in [0.25, 0.3) is 0 Å². The van der Waals surface area contributed by atoms with Gasteiger partial charge >= 0.3 is 26.0 Å². The van der Waals surface area contributed by atoms with Crippen LogP contribution in [-0.2, 0) is 34.6 Å². The van der Waals surface area contributed by atoms with Crippen LogP contribution in [0.15, 0.2) is 24.3 Å². The Kier molecular flexibility index (Phi) is 12.1. The van der Waals surface area contributed by atoms with Gasteiger partial charge in [-0.15, -0.1) is 4.89 Å². The molecule has 1 heterocycles. The van der Waals surface area contributed by atoms with Gasteiger partial charge in [0.05, 0.1) is 16.5 Å². The number of nitrogens with zero attached hydrogens (tertiary/aromatic N) is 1. The summed E-state index contributed by atoms with van der Waals surface area (Å²) in [6.07, 6.45) is 7.26. The van der Waals surface area contributed by atoms with Gasteiger partial charge in [0.2, 0.25) is 0 Å². The van der Waals surface area contributed by atoms with Crippen molar-refractivity contribution >= 4 is 20.2 Å². The van der Waals surface area contributed by atoms with E-state index in [1.54, 1.807) is 59.7 Å². The normalized spacial score (nSPS) is 15.3. The minimum atomic E-state index is -3.26. The second kappa shape index (κ2) is 15.0. The molecule has 0 radical (unpaired) electrons. The molecule has 0 saturated heterocycles. The highest BCUT2D eigenvalue weighted by molar-refractivity contribution is 7.32. The molecule has 1 aliphatic rings. The third-order valence-electron chi connectivity index (χ3n) is 7.85. The lowest BCUT2D eigenvalue weighted by atomic mass is 9.94. The quantitative estimate of drug-likeness (QED) is 0.110. The first-order chi connectivity index (χ1) is 20.9. The van der Waals surface area contributed by atoms with Crippen LogP contribution in [0.5, 0.6) is 11.5 Å². The van der Waals surface area contributed by atoms with Crippen LogP contribution in [0.4, 0.5) is 0 Å². The molecule has 1 aromatic heterocycles. The molecule has 2 aromatic rings. The van der Waals surface area contributed by atoms with Crippen molar-refractivity contribution in [2.24, 2.45) is 10.8 Å². The maximum atomic E-state index is 12.6. The first-order valence-electron chi connectivity index (χ1n) is 15.6. The van der Waals surface area contributed by atoms with E-state index >= 15 is 0 Å². The molecule has 10 nitrogen and oxygen atoms in total. The number of hydrogen-bond donors (Lipinski definition) is 2. The van der Waals surface area contributed by atoms with Gasteiger partial charge in [0.15, 0.2) is 13.2 Å². The third kappa shape index (κ3) is 10.5. The lowest BCUT2D eigenvalue weighted by Crippen LogP contribution is -2.49. The molecule has 1 fully saturated rings. The number of benzene rings is 1. The maximum Gasteiger partial charge on any atom is 0.699 e. The number of carbonyl (C=O) groups is 2. The highest BCUT2D eigenvalue weighted by atomic mass is 31.1. The molecule has 1 aliphatic carbocycles. The third-order valence-corrected chi connectivity index (χ3v) is 8.34. The topological polar surface area (TPSA) is 141 Å². The highest BCUT2D eigenvalue weighted by Gasteiger charge is 2.48. The summed E-state index contributed by atoms with van der Waals surface area (Å²) in [5.41, 5.74) is 2.58. The minimum Gasteiger partial charge on any atom is -0.506 e. The first kappa shape index (κ1) is 36.4. The predicted molar refractivity (Wildman–Crippen MR) is 170 cm³/mol. The second-order valence-electron chi connectivity index (χ2n) is 14.1. The summed E-state index contributed by atoms with van der Waals surface area (Å²) in [7, 11) is -3.26. The fourth-order valence-electron chi connectivity index (χ4n) is 5.25. The molecule has 0 bridgehead atoms. The van der Waals surface area contributed by atoms with Crippen LogP contribution >= 0.6 is 8.25 Å². The van der Waals surface area contributed by atoms with E-state index in [-0.39, 0.29) is 17.4 Å². The van der Waals surface area contributed by atoms with E-state index < -0.39 is 50.0 Å². The summed E-state index contributed by atoms with van der Waals surface area (Å²) in [5.74, 6) is -2.54. The first-order valence-corrected chi connectivity index (χ1v) is 16.7. The largest absolute Gasteiger partial charge is 0.699 e. The summed E-state index contributed by atoms with van der Waals surface area (Å²) < 4.78 is 34.4. The van der Waals surface area contributed by atoms with Crippen molar-refractivity contribution in [1.29, 1.82) is 0 Å². The molecule has 1 aromatic carbocycles. The Hall–Kier alpha value is -3.07.